The minimum atomic E-state index is -0.574. The van der Waals surface area contributed by atoms with Crippen LogP contribution < -0.4 is 0 Å². The van der Waals surface area contributed by atoms with Gasteiger partial charge in [-0.15, -0.1) is 5.10 Å². The Balaban J connectivity index is 2.07. The highest BCUT2D eigenvalue weighted by molar-refractivity contribution is 5.13. The zero-order chi connectivity index (χ0) is 10.7. The number of aliphatic hydroxyl groups is 1. The first kappa shape index (κ1) is 9.79. The molecule has 0 aromatic carbocycles. The van der Waals surface area contributed by atoms with E-state index in [2.05, 4.69) is 15.3 Å². The zero-order valence-corrected chi connectivity index (χ0v) is 8.41. The molecule has 2 aromatic heterocycles. The maximum atomic E-state index is 9.87. The normalized spacial score (nSPS) is 12.7. The molecule has 0 radical (unpaired) electrons. The molecule has 0 saturated heterocycles. The number of hydrogen-bond donors (Lipinski definition) is 1. The minimum Gasteiger partial charge on any atom is -0.388 e. The molecule has 0 aliphatic rings. The highest BCUT2D eigenvalue weighted by Gasteiger charge is 2.10. The van der Waals surface area contributed by atoms with Crippen LogP contribution in [0.5, 0.6) is 0 Å². The molecule has 0 spiro atoms. The number of aliphatic hydroxyl groups excluding tert-OH is 1. The van der Waals surface area contributed by atoms with Crippen LogP contribution in [0.1, 0.15) is 17.4 Å². The first-order valence-electron chi connectivity index (χ1n) is 4.69. The predicted octanol–water partition coefficient (Wildman–Crippen LogP) is 0.486. The van der Waals surface area contributed by atoms with Gasteiger partial charge in [0.2, 0.25) is 0 Å². The van der Waals surface area contributed by atoms with E-state index in [0.717, 1.165) is 11.3 Å². The molecule has 5 nitrogen and oxygen atoms in total. The van der Waals surface area contributed by atoms with Crippen LogP contribution in [0.25, 0.3) is 0 Å². The summed E-state index contributed by atoms with van der Waals surface area (Å²) in [6.07, 6.45) is 5.01. The van der Waals surface area contributed by atoms with E-state index in [1.807, 2.05) is 6.07 Å². The van der Waals surface area contributed by atoms with E-state index in [1.54, 1.807) is 36.4 Å². The van der Waals surface area contributed by atoms with E-state index in [1.165, 1.54) is 0 Å². The summed E-state index contributed by atoms with van der Waals surface area (Å²) in [6, 6.07) is 3.64. The zero-order valence-electron chi connectivity index (χ0n) is 8.41. The smallest absolute Gasteiger partial charge is 0.0861 e. The van der Waals surface area contributed by atoms with Gasteiger partial charge >= 0.3 is 0 Å². The second-order valence-corrected chi connectivity index (χ2v) is 3.39. The van der Waals surface area contributed by atoms with Crippen molar-refractivity contribution in [3.05, 3.63) is 42.0 Å². The molecule has 2 aromatic rings. The monoisotopic (exact) mass is 204 g/mol. The van der Waals surface area contributed by atoms with Crippen molar-refractivity contribution < 1.29 is 5.11 Å². The van der Waals surface area contributed by atoms with Gasteiger partial charge in [0.25, 0.3) is 0 Å². The Labute approximate surface area is 87.4 Å². The van der Waals surface area contributed by atoms with Crippen LogP contribution in [-0.2, 0) is 13.5 Å². The minimum absolute atomic E-state index is 0.458. The third kappa shape index (κ3) is 2.38. The first-order valence-corrected chi connectivity index (χ1v) is 4.69. The van der Waals surface area contributed by atoms with Crippen molar-refractivity contribution >= 4 is 0 Å². The Morgan fingerprint density at radius 1 is 1.53 bits per heavy atom. The fourth-order valence-corrected chi connectivity index (χ4v) is 1.38. The lowest BCUT2D eigenvalue weighted by atomic mass is 10.1. The molecule has 0 saturated carbocycles. The second-order valence-electron chi connectivity index (χ2n) is 3.39. The number of rotatable bonds is 3. The third-order valence-corrected chi connectivity index (χ3v) is 2.12. The Morgan fingerprint density at radius 2 is 2.40 bits per heavy atom. The average molecular weight is 204 g/mol. The molecular formula is C10H12N4O. The molecule has 2 heterocycles. The molecule has 1 N–H and O–H groups in total. The number of nitrogens with zero attached hydrogens (tertiary/aromatic N) is 4. The van der Waals surface area contributed by atoms with Crippen molar-refractivity contribution in [2.75, 3.05) is 0 Å². The van der Waals surface area contributed by atoms with Crippen molar-refractivity contribution in [3.8, 4) is 0 Å². The van der Waals surface area contributed by atoms with Gasteiger partial charge in [-0.1, -0.05) is 11.3 Å². The van der Waals surface area contributed by atoms with Crippen LogP contribution in [0.15, 0.2) is 30.7 Å². The van der Waals surface area contributed by atoms with Crippen LogP contribution in [0, 0.1) is 0 Å². The van der Waals surface area contributed by atoms with Gasteiger partial charge in [0.15, 0.2) is 0 Å². The Kier molecular flexibility index (Phi) is 2.73. The summed E-state index contributed by atoms with van der Waals surface area (Å²) in [4.78, 5) is 3.95. The summed E-state index contributed by atoms with van der Waals surface area (Å²) >= 11 is 0. The predicted molar refractivity (Wildman–Crippen MR) is 53.9 cm³/mol. The first-order chi connectivity index (χ1) is 7.25. The average Bonchev–Trinajstić information content (AvgIpc) is 2.65. The Bertz CT molecular complexity index is 426. The van der Waals surface area contributed by atoms with Crippen LogP contribution in [0.4, 0.5) is 0 Å². The van der Waals surface area contributed by atoms with Crippen molar-refractivity contribution in [2.24, 2.45) is 7.05 Å². The quantitative estimate of drug-likeness (QED) is 0.790. The number of aryl methyl sites for hydroxylation is 1. The van der Waals surface area contributed by atoms with E-state index >= 15 is 0 Å². The molecule has 5 heteroatoms. The largest absolute Gasteiger partial charge is 0.388 e. The van der Waals surface area contributed by atoms with Crippen molar-refractivity contribution in [1.82, 2.24) is 20.0 Å². The fraction of sp³-hybridized carbons (Fsp3) is 0.300. The summed E-state index contributed by atoms with van der Waals surface area (Å²) in [5.74, 6) is 0. The third-order valence-electron chi connectivity index (χ3n) is 2.12. The maximum Gasteiger partial charge on any atom is 0.0861 e. The molecule has 0 amide bonds. The van der Waals surface area contributed by atoms with Gasteiger partial charge in [-0.3, -0.25) is 9.67 Å². The number of aromatic nitrogens is 4. The summed E-state index contributed by atoms with van der Waals surface area (Å²) in [7, 11) is 1.80. The lowest BCUT2D eigenvalue weighted by Crippen LogP contribution is -2.02. The topological polar surface area (TPSA) is 63.8 Å². The molecule has 1 atom stereocenters. The summed E-state index contributed by atoms with van der Waals surface area (Å²) in [6.45, 7) is 0. The van der Waals surface area contributed by atoms with E-state index in [0.29, 0.717) is 6.42 Å². The van der Waals surface area contributed by atoms with Gasteiger partial charge in [0.1, 0.15) is 0 Å². The van der Waals surface area contributed by atoms with Crippen LogP contribution >= 0.6 is 0 Å². The fourth-order valence-electron chi connectivity index (χ4n) is 1.38. The Hall–Kier alpha value is -1.75. The molecule has 15 heavy (non-hydrogen) atoms. The highest BCUT2D eigenvalue weighted by atomic mass is 16.3. The molecule has 0 fully saturated rings. The molecule has 0 aliphatic carbocycles. The lowest BCUT2D eigenvalue weighted by Gasteiger charge is -2.07. The van der Waals surface area contributed by atoms with Gasteiger partial charge in [0.05, 0.1) is 11.8 Å². The number of hydrogen-bond acceptors (Lipinski definition) is 4. The highest BCUT2D eigenvalue weighted by Crippen LogP contribution is 2.15. The van der Waals surface area contributed by atoms with Gasteiger partial charge in [-0.05, 0) is 11.6 Å². The van der Waals surface area contributed by atoms with Crippen molar-refractivity contribution in [2.45, 2.75) is 12.5 Å². The van der Waals surface area contributed by atoms with Crippen LogP contribution in [0.2, 0.25) is 0 Å². The van der Waals surface area contributed by atoms with E-state index < -0.39 is 6.10 Å². The van der Waals surface area contributed by atoms with Gasteiger partial charge in [-0.25, -0.2) is 0 Å². The van der Waals surface area contributed by atoms with Crippen LogP contribution in [-0.4, -0.2) is 25.1 Å². The molecule has 0 aliphatic heterocycles. The lowest BCUT2D eigenvalue weighted by molar-refractivity contribution is 0.177. The molecule has 0 bridgehead atoms. The van der Waals surface area contributed by atoms with E-state index in [4.69, 9.17) is 0 Å². The van der Waals surface area contributed by atoms with E-state index in [9.17, 15) is 5.11 Å². The SMILES string of the molecule is Cn1cc(CC(O)c2cccnc2)nn1. The van der Waals surface area contributed by atoms with Crippen molar-refractivity contribution in [1.29, 1.82) is 0 Å². The summed E-state index contributed by atoms with van der Waals surface area (Å²) in [5.41, 5.74) is 1.57. The van der Waals surface area contributed by atoms with Crippen molar-refractivity contribution in [3.63, 3.8) is 0 Å². The summed E-state index contributed by atoms with van der Waals surface area (Å²) in [5, 5.41) is 17.6. The maximum absolute atomic E-state index is 9.87. The number of pyridine rings is 1. The molecule has 1 unspecified atom stereocenters. The second kappa shape index (κ2) is 4.18. The molecule has 2 rings (SSSR count). The molecule has 78 valence electrons. The standard InChI is InChI=1S/C10H12N4O/c1-14-7-9(12-13-14)5-10(15)8-3-2-4-11-6-8/h2-4,6-7,10,15H,5H2,1H3. The van der Waals surface area contributed by atoms with Crippen LogP contribution in [0.3, 0.4) is 0 Å². The van der Waals surface area contributed by atoms with Gasteiger partial charge < -0.3 is 5.11 Å². The molecular weight excluding hydrogens is 192 g/mol. The summed E-state index contributed by atoms with van der Waals surface area (Å²) < 4.78 is 1.62. The van der Waals surface area contributed by atoms with E-state index in [-0.39, 0.29) is 0 Å². The van der Waals surface area contributed by atoms with Gasteiger partial charge in [0, 0.05) is 32.1 Å². The van der Waals surface area contributed by atoms with Gasteiger partial charge in [-0.2, -0.15) is 0 Å². The Morgan fingerprint density at radius 3 is 3.00 bits per heavy atom.